The molecule has 0 amide bonds. The molecule has 0 radical (unpaired) electrons. The molecule has 0 saturated carbocycles. The Morgan fingerprint density at radius 1 is 1.06 bits per heavy atom. The number of hydrogen-bond acceptors (Lipinski definition) is 6. The molecule has 0 aliphatic heterocycles. The van der Waals surface area contributed by atoms with Crippen LogP contribution in [-0.4, -0.2) is 205 Å². The molecule has 0 aliphatic carbocycles. The summed E-state index contributed by atoms with van der Waals surface area (Å²) >= 11 is 0. The second kappa shape index (κ2) is 19.1. The van der Waals surface area contributed by atoms with Crippen LogP contribution in [0.3, 0.4) is 0 Å². The molecule has 0 rings (SSSR count). The summed E-state index contributed by atoms with van der Waals surface area (Å²) in [5.41, 5.74) is 0. The number of aliphatic hydroxyl groups is 5. The first kappa shape index (κ1) is 32.2. The van der Waals surface area contributed by atoms with Crippen molar-refractivity contribution in [3.05, 3.63) is 0 Å². The topological polar surface area (TPSA) is 118 Å². The fraction of sp³-hybridized carbons (Fsp3) is 0.833. The van der Waals surface area contributed by atoms with Gasteiger partial charge in [-0.15, -0.1) is 0 Å². The molecular formula is C6H18CaKMgNaO6. The number of hydrogen-bond donors (Lipinski definition) is 5. The second-order valence-corrected chi connectivity index (χ2v) is 2.36. The van der Waals surface area contributed by atoms with Gasteiger partial charge in [0, 0.05) is 0 Å². The molecule has 16 heavy (non-hydrogen) atoms. The van der Waals surface area contributed by atoms with Gasteiger partial charge in [0.05, 0.1) is 6.61 Å². The van der Waals surface area contributed by atoms with E-state index >= 15 is 0 Å². The Morgan fingerprint density at radius 2 is 1.44 bits per heavy atom. The Hall–Kier alpha value is 4.13. The molecule has 10 heteroatoms. The molecule has 0 spiro atoms. The zero-order valence-corrected chi connectivity index (χ0v) is 6.24. The van der Waals surface area contributed by atoms with Crippen LogP contribution in [0.1, 0.15) is 0 Å². The Morgan fingerprint density at radius 3 is 1.69 bits per heavy atom. The first-order chi connectivity index (χ1) is 5.54. The van der Waals surface area contributed by atoms with E-state index in [1.165, 1.54) is 0 Å². The summed E-state index contributed by atoms with van der Waals surface area (Å²) in [5, 5.41) is 43.5. The summed E-state index contributed by atoms with van der Waals surface area (Å²) in [7, 11) is 0. The summed E-state index contributed by atoms with van der Waals surface area (Å²) in [4.78, 5) is 9.90. The SMILES string of the molecule is O=C[C@H](O)[C@@H](O)[C@H](O)[C@H](O)CO.[CaH2].[KH].[MgH2].[NaH]. The van der Waals surface area contributed by atoms with E-state index in [4.69, 9.17) is 25.5 Å². The molecule has 0 aromatic rings. The minimum absolute atomic E-state index is 0. The van der Waals surface area contributed by atoms with E-state index in [-0.39, 0.29) is 148 Å². The van der Waals surface area contributed by atoms with Crippen LogP contribution in [-0.2, 0) is 4.79 Å². The Labute approximate surface area is 204 Å². The fourth-order valence-corrected chi connectivity index (χ4v) is 0.618. The normalized spacial score (nSPS) is 15.8. The predicted octanol–water partition coefficient (Wildman–Crippen LogP) is -6.51. The number of carbonyl (C=O) groups is 1. The Balaban J connectivity index is -0.000000101. The van der Waals surface area contributed by atoms with Gasteiger partial charge in [0.2, 0.25) is 0 Å². The zero-order chi connectivity index (χ0) is 9.72. The predicted molar refractivity (Wildman–Crippen MR) is 68.6 cm³/mol. The van der Waals surface area contributed by atoms with Crippen LogP contribution in [0.2, 0.25) is 0 Å². The van der Waals surface area contributed by atoms with Crippen molar-refractivity contribution in [1.82, 2.24) is 0 Å². The van der Waals surface area contributed by atoms with Crippen molar-refractivity contribution in [3.8, 4) is 0 Å². The summed E-state index contributed by atoms with van der Waals surface area (Å²) < 4.78 is 0. The van der Waals surface area contributed by atoms with E-state index in [0.717, 1.165) is 0 Å². The third-order valence-electron chi connectivity index (χ3n) is 1.42. The van der Waals surface area contributed by atoms with Crippen LogP contribution in [0.15, 0.2) is 0 Å². The van der Waals surface area contributed by atoms with Gasteiger partial charge < -0.3 is 30.3 Å². The molecule has 0 aromatic heterocycles. The van der Waals surface area contributed by atoms with Gasteiger partial charge in [-0.2, -0.15) is 0 Å². The van der Waals surface area contributed by atoms with Crippen molar-refractivity contribution in [1.29, 1.82) is 0 Å². The zero-order valence-electron chi connectivity index (χ0n) is 6.24. The van der Waals surface area contributed by atoms with E-state index in [1.807, 2.05) is 0 Å². The van der Waals surface area contributed by atoms with Gasteiger partial charge >= 0.3 is 142 Å². The quantitative estimate of drug-likeness (QED) is 0.254. The van der Waals surface area contributed by atoms with Gasteiger partial charge in [-0.3, -0.25) is 0 Å². The first-order valence-corrected chi connectivity index (χ1v) is 3.33. The average Bonchev–Trinajstić information content (AvgIpc) is 2.12. The maximum atomic E-state index is 9.90. The monoisotopic (exact) mass is 312 g/mol. The number of carbonyl (C=O) groups excluding carboxylic acids is 1. The second-order valence-electron chi connectivity index (χ2n) is 2.36. The van der Waals surface area contributed by atoms with Crippen LogP contribution >= 0.6 is 0 Å². The van der Waals surface area contributed by atoms with Gasteiger partial charge in [-0.1, -0.05) is 0 Å². The van der Waals surface area contributed by atoms with E-state index in [9.17, 15) is 4.79 Å². The van der Waals surface area contributed by atoms with Crippen LogP contribution in [0.25, 0.3) is 0 Å². The van der Waals surface area contributed by atoms with Crippen molar-refractivity contribution < 1.29 is 30.3 Å². The molecule has 0 bridgehead atoms. The van der Waals surface area contributed by atoms with Gasteiger partial charge in [-0.05, 0) is 0 Å². The summed E-state index contributed by atoms with van der Waals surface area (Å²) in [5.74, 6) is 0. The van der Waals surface area contributed by atoms with Gasteiger partial charge in [0.25, 0.3) is 0 Å². The van der Waals surface area contributed by atoms with Crippen molar-refractivity contribution in [3.63, 3.8) is 0 Å². The molecule has 0 saturated heterocycles. The Bertz CT molecular complexity index is 159. The summed E-state index contributed by atoms with van der Waals surface area (Å²) in [6.45, 7) is -0.760. The number of aldehydes is 1. The molecular weight excluding hydrogens is 295 g/mol. The number of rotatable bonds is 5. The molecule has 0 heterocycles. The minimum atomic E-state index is -1.79. The van der Waals surface area contributed by atoms with Gasteiger partial charge in [-0.25, -0.2) is 0 Å². The van der Waals surface area contributed by atoms with Crippen LogP contribution in [0.4, 0.5) is 0 Å². The molecule has 4 atom stereocenters. The first-order valence-electron chi connectivity index (χ1n) is 3.33. The van der Waals surface area contributed by atoms with Gasteiger partial charge in [0.1, 0.15) is 24.4 Å². The molecule has 0 unspecified atom stereocenters. The molecule has 5 N–H and O–H groups in total. The maximum absolute atomic E-state index is 9.90. The molecule has 0 aliphatic rings. The molecule has 84 valence electrons. The van der Waals surface area contributed by atoms with E-state index < -0.39 is 31.0 Å². The van der Waals surface area contributed by atoms with Gasteiger partial charge in [0.15, 0.2) is 6.29 Å². The van der Waals surface area contributed by atoms with Crippen LogP contribution in [0.5, 0.6) is 0 Å². The van der Waals surface area contributed by atoms with Crippen LogP contribution in [0, 0.1) is 0 Å². The molecule has 0 fully saturated rings. The van der Waals surface area contributed by atoms with E-state index in [0.29, 0.717) is 0 Å². The molecule has 0 aromatic carbocycles. The van der Waals surface area contributed by atoms with Crippen molar-refractivity contribution >= 4 is 148 Å². The van der Waals surface area contributed by atoms with E-state index in [1.54, 1.807) is 0 Å². The number of aliphatic hydroxyl groups excluding tert-OH is 5. The fourth-order valence-electron chi connectivity index (χ4n) is 0.618. The average molecular weight is 313 g/mol. The van der Waals surface area contributed by atoms with E-state index in [2.05, 4.69) is 0 Å². The van der Waals surface area contributed by atoms with Crippen LogP contribution < -0.4 is 0 Å². The standard InChI is InChI=1S/C6H12O6.Ca.K.Mg.Na.6H/c7-1-3(9)5(11)6(12)4(10)2-8;;;;;;;;;;/h1,3-6,8-12H,2H2;;;;;;;;;;/t3-,4+,5+,6+;;;;;;;;;;/m0........../s1. The third-order valence-corrected chi connectivity index (χ3v) is 1.42. The Kier molecular flexibility index (Phi) is 38.5. The molecule has 6 nitrogen and oxygen atoms in total. The van der Waals surface area contributed by atoms with Crippen molar-refractivity contribution in [2.24, 2.45) is 0 Å². The van der Waals surface area contributed by atoms with Crippen molar-refractivity contribution in [2.45, 2.75) is 24.4 Å². The summed E-state index contributed by atoms with van der Waals surface area (Å²) in [6, 6.07) is 0. The summed E-state index contributed by atoms with van der Waals surface area (Å²) in [6.07, 6.45) is -6.84. The van der Waals surface area contributed by atoms with Crippen molar-refractivity contribution in [2.75, 3.05) is 6.61 Å². The third kappa shape index (κ3) is 13.1.